The second-order valence-corrected chi connectivity index (χ2v) is 8.18. The van der Waals surface area contributed by atoms with E-state index in [9.17, 15) is 9.18 Å². The number of amides is 1. The zero-order chi connectivity index (χ0) is 20.5. The van der Waals surface area contributed by atoms with Crippen molar-refractivity contribution in [2.24, 2.45) is 0 Å². The van der Waals surface area contributed by atoms with Gasteiger partial charge in [0.25, 0.3) is 5.88 Å². The number of imidazole rings is 1. The molecule has 0 aromatic carbocycles. The third kappa shape index (κ3) is 4.27. The van der Waals surface area contributed by atoms with Gasteiger partial charge < -0.3 is 15.5 Å². The second kappa shape index (κ2) is 7.54. The molecule has 3 rings (SSSR count). The first-order chi connectivity index (χ1) is 13.2. The van der Waals surface area contributed by atoms with Crippen LogP contribution in [0.15, 0.2) is 17.6 Å². The van der Waals surface area contributed by atoms with Crippen molar-refractivity contribution in [3.05, 3.63) is 18.3 Å². The van der Waals surface area contributed by atoms with Crippen molar-refractivity contribution in [2.75, 3.05) is 11.1 Å². The minimum Gasteiger partial charge on any atom is -0.473 e. The molecule has 0 aliphatic rings. The van der Waals surface area contributed by atoms with E-state index in [1.807, 2.05) is 0 Å². The Morgan fingerprint density at radius 2 is 2.07 bits per heavy atom. The van der Waals surface area contributed by atoms with E-state index in [0.717, 1.165) is 18.0 Å². The molecule has 0 atom stereocenters. The Kier molecular flexibility index (Phi) is 5.31. The molecule has 10 nitrogen and oxygen atoms in total. The van der Waals surface area contributed by atoms with Gasteiger partial charge in [0.15, 0.2) is 5.65 Å². The molecule has 12 heteroatoms. The van der Waals surface area contributed by atoms with Crippen molar-refractivity contribution < 1.29 is 13.9 Å². The highest BCUT2D eigenvalue weighted by Crippen LogP contribution is 2.35. The van der Waals surface area contributed by atoms with Gasteiger partial charge in [-0.2, -0.15) is 14.4 Å². The normalized spacial score (nSPS) is 11.8. The number of aromatic amines is 1. The molecule has 3 heterocycles. The minimum atomic E-state index is -0.990. The summed E-state index contributed by atoms with van der Waals surface area (Å²) in [5, 5.41) is 3.05. The van der Waals surface area contributed by atoms with Crippen molar-refractivity contribution in [1.82, 2.24) is 29.9 Å². The number of nitrogens with one attached hydrogen (secondary N) is 2. The molecule has 0 aliphatic heterocycles. The van der Waals surface area contributed by atoms with Crippen LogP contribution in [0.3, 0.4) is 0 Å². The zero-order valence-electron chi connectivity index (χ0n) is 15.6. The third-order valence-electron chi connectivity index (χ3n) is 3.45. The van der Waals surface area contributed by atoms with Gasteiger partial charge in [0, 0.05) is 0 Å². The van der Waals surface area contributed by atoms with Gasteiger partial charge in [-0.25, -0.2) is 15.0 Å². The SMILES string of the molecule is CC(C)Oc1nc(NC(=O)C(C)(C)Sc2nc(N)nc3nc[nH]c23)ncc1F. The molecule has 3 aromatic heterocycles. The largest absolute Gasteiger partial charge is 0.473 e. The van der Waals surface area contributed by atoms with Crippen molar-refractivity contribution in [2.45, 2.75) is 43.6 Å². The lowest BCUT2D eigenvalue weighted by Gasteiger charge is -2.22. The monoisotopic (exact) mass is 406 g/mol. The van der Waals surface area contributed by atoms with E-state index in [-0.39, 0.29) is 23.9 Å². The number of carbonyl (C=O) groups excluding carboxylic acids is 1. The maximum Gasteiger partial charge on any atom is 0.255 e. The fourth-order valence-electron chi connectivity index (χ4n) is 2.15. The van der Waals surface area contributed by atoms with Gasteiger partial charge in [0.2, 0.25) is 23.6 Å². The number of halogens is 1. The van der Waals surface area contributed by atoms with Gasteiger partial charge in [-0.3, -0.25) is 10.1 Å². The molecule has 28 heavy (non-hydrogen) atoms. The Bertz CT molecular complexity index is 1020. The van der Waals surface area contributed by atoms with Gasteiger partial charge in [0.05, 0.1) is 23.4 Å². The molecule has 3 aromatic rings. The van der Waals surface area contributed by atoms with Crippen molar-refractivity contribution in [3.8, 4) is 5.88 Å². The number of rotatable bonds is 6. The number of anilines is 2. The van der Waals surface area contributed by atoms with E-state index in [4.69, 9.17) is 10.5 Å². The highest BCUT2D eigenvalue weighted by molar-refractivity contribution is 8.01. The van der Waals surface area contributed by atoms with Crippen molar-refractivity contribution >= 4 is 40.7 Å². The number of H-pyrrole nitrogens is 1. The maximum atomic E-state index is 13.7. The zero-order valence-corrected chi connectivity index (χ0v) is 16.5. The van der Waals surface area contributed by atoms with Gasteiger partial charge in [-0.1, -0.05) is 11.8 Å². The number of nitrogens with zero attached hydrogens (tertiary/aromatic N) is 5. The predicted molar refractivity (Wildman–Crippen MR) is 102 cm³/mol. The van der Waals surface area contributed by atoms with E-state index in [0.29, 0.717) is 16.2 Å². The van der Waals surface area contributed by atoms with Gasteiger partial charge >= 0.3 is 0 Å². The lowest BCUT2D eigenvalue weighted by atomic mass is 10.2. The smallest absolute Gasteiger partial charge is 0.255 e. The number of ether oxygens (including phenoxy) is 1. The lowest BCUT2D eigenvalue weighted by molar-refractivity contribution is -0.117. The van der Waals surface area contributed by atoms with Gasteiger partial charge in [-0.15, -0.1) is 0 Å². The second-order valence-electron chi connectivity index (χ2n) is 6.57. The van der Waals surface area contributed by atoms with Crippen LogP contribution in [0, 0.1) is 5.82 Å². The molecular weight excluding hydrogens is 387 g/mol. The standard InChI is InChI=1S/C16H19FN8O2S/c1-7(2)27-11-8(17)5-19-15(23-11)25-13(26)16(3,4)28-12-9-10(21-6-20-9)22-14(18)24-12/h5-7H,1-4H3,(H,19,23,25,26)(H3,18,20,21,22,24). The Labute approximate surface area is 163 Å². The maximum absolute atomic E-state index is 13.7. The van der Waals surface area contributed by atoms with Crippen LogP contribution in [-0.2, 0) is 4.79 Å². The fraction of sp³-hybridized carbons (Fsp3) is 0.375. The number of fused-ring (bicyclic) bond motifs is 1. The first kappa shape index (κ1) is 19.7. The van der Waals surface area contributed by atoms with Crippen LogP contribution < -0.4 is 15.8 Å². The summed E-state index contributed by atoms with van der Waals surface area (Å²) in [4.78, 5) is 35.7. The molecule has 1 amide bonds. The van der Waals surface area contributed by atoms with Crippen molar-refractivity contribution in [3.63, 3.8) is 0 Å². The van der Waals surface area contributed by atoms with Crippen LogP contribution in [0.25, 0.3) is 11.2 Å². The Morgan fingerprint density at radius 3 is 2.79 bits per heavy atom. The van der Waals surface area contributed by atoms with Crippen LogP contribution >= 0.6 is 11.8 Å². The highest BCUT2D eigenvalue weighted by Gasteiger charge is 2.32. The van der Waals surface area contributed by atoms with Crippen LogP contribution in [0.5, 0.6) is 5.88 Å². The summed E-state index contributed by atoms with van der Waals surface area (Å²) >= 11 is 1.16. The number of nitrogens with two attached hydrogens (primary N) is 1. The topological polar surface area (TPSA) is 145 Å². The Balaban J connectivity index is 1.80. The third-order valence-corrected chi connectivity index (χ3v) is 4.64. The average molecular weight is 406 g/mol. The number of nitrogen functional groups attached to an aromatic ring is 1. The van der Waals surface area contributed by atoms with Crippen molar-refractivity contribution in [1.29, 1.82) is 0 Å². The summed E-state index contributed by atoms with van der Waals surface area (Å²) in [5.41, 5.74) is 6.69. The van der Waals surface area contributed by atoms with E-state index in [1.165, 1.54) is 6.33 Å². The summed E-state index contributed by atoms with van der Waals surface area (Å²) in [6.07, 6.45) is 2.14. The lowest BCUT2D eigenvalue weighted by Crippen LogP contribution is -2.34. The number of thioether (sulfide) groups is 1. The average Bonchev–Trinajstić information content (AvgIpc) is 3.05. The number of hydrogen-bond acceptors (Lipinski definition) is 9. The molecule has 148 valence electrons. The summed E-state index contributed by atoms with van der Waals surface area (Å²) in [6.45, 7) is 6.87. The molecular formula is C16H19FN8O2S. The van der Waals surface area contributed by atoms with Gasteiger partial charge in [-0.05, 0) is 27.7 Å². The van der Waals surface area contributed by atoms with Gasteiger partial charge in [0.1, 0.15) is 10.5 Å². The quantitative estimate of drug-likeness (QED) is 0.414. The molecule has 4 N–H and O–H groups in total. The molecule has 0 saturated carbocycles. The molecule has 0 radical (unpaired) electrons. The first-order valence-corrected chi connectivity index (χ1v) is 9.13. The summed E-state index contributed by atoms with van der Waals surface area (Å²) in [6, 6.07) is 0. The van der Waals surface area contributed by atoms with Crippen LogP contribution in [0.4, 0.5) is 16.3 Å². The highest BCUT2D eigenvalue weighted by atomic mass is 32.2. The van der Waals surface area contributed by atoms with Crippen LogP contribution in [-0.4, -0.2) is 46.7 Å². The summed E-state index contributed by atoms with van der Waals surface area (Å²) in [5.74, 6) is -1.36. The van der Waals surface area contributed by atoms with Crippen LogP contribution in [0.1, 0.15) is 27.7 Å². The molecule has 0 unspecified atom stereocenters. The predicted octanol–water partition coefficient (Wildman–Crippen LogP) is 2.16. The van der Waals surface area contributed by atoms with E-state index >= 15 is 0 Å². The molecule has 0 saturated heterocycles. The number of carbonyl (C=O) groups is 1. The molecule has 0 fully saturated rings. The molecule has 0 spiro atoms. The van der Waals surface area contributed by atoms with E-state index in [1.54, 1.807) is 27.7 Å². The molecule has 0 aliphatic carbocycles. The number of hydrogen-bond donors (Lipinski definition) is 3. The van der Waals surface area contributed by atoms with E-state index < -0.39 is 16.5 Å². The number of aromatic nitrogens is 6. The van der Waals surface area contributed by atoms with E-state index in [2.05, 4.69) is 35.2 Å². The summed E-state index contributed by atoms with van der Waals surface area (Å²) in [7, 11) is 0. The minimum absolute atomic E-state index is 0.0515. The van der Waals surface area contributed by atoms with Crippen LogP contribution in [0.2, 0.25) is 0 Å². The summed E-state index contributed by atoms with van der Waals surface area (Å²) < 4.78 is 18.0. The Morgan fingerprint density at radius 1 is 1.32 bits per heavy atom. The fourth-order valence-corrected chi connectivity index (χ4v) is 3.17. The Hall–Kier alpha value is -3.02. The molecule has 0 bridgehead atoms. The first-order valence-electron chi connectivity index (χ1n) is 8.32.